The lowest BCUT2D eigenvalue weighted by molar-refractivity contribution is 0.102. The molecule has 0 radical (unpaired) electrons. The van der Waals surface area contributed by atoms with Crippen molar-refractivity contribution in [2.24, 2.45) is 11.3 Å². The Labute approximate surface area is 195 Å². The second-order valence-electron chi connectivity index (χ2n) is 10.1. The van der Waals surface area contributed by atoms with Gasteiger partial charge in [-0.3, -0.25) is 23.7 Å². The molecule has 0 bridgehead atoms. The molecule has 3 aromatic rings. The number of hydrogen-bond donors (Lipinski definition) is 4. The maximum absolute atomic E-state index is 13.0. The Hall–Kier alpha value is -2.62. The lowest BCUT2D eigenvalue weighted by atomic mass is 9.76. The molecule has 2 aromatic heterocycles. The number of carbonyl (C=O) groups is 1. The highest BCUT2D eigenvalue weighted by Gasteiger charge is 2.36. The van der Waals surface area contributed by atoms with Crippen LogP contribution in [0.1, 0.15) is 60.0 Å². The molecule has 0 saturated carbocycles. The summed E-state index contributed by atoms with van der Waals surface area (Å²) in [5, 5.41) is 14.9. The molecule has 2 aliphatic rings. The van der Waals surface area contributed by atoms with Crippen LogP contribution in [0.25, 0.3) is 0 Å². The highest BCUT2D eigenvalue weighted by atomic mass is 32.3. The summed E-state index contributed by atoms with van der Waals surface area (Å²) in [5.74, 6) is 0.609. The maximum Gasteiger partial charge on any atom is 0.276 e. The fraction of sp³-hybridized carbons (Fsp3) is 0.458. The first-order valence-electron chi connectivity index (χ1n) is 11.4. The molecule has 4 N–H and O–H groups in total. The maximum atomic E-state index is 13.0. The summed E-state index contributed by atoms with van der Waals surface area (Å²) in [6.45, 7) is 4.47. The van der Waals surface area contributed by atoms with Gasteiger partial charge in [0.25, 0.3) is 5.91 Å². The van der Waals surface area contributed by atoms with Crippen molar-refractivity contribution in [2.75, 3.05) is 16.8 Å². The van der Waals surface area contributed by atoms with Crippen molar-refractivity contribution in [3.63, 3.8) is 0 Å². The third-order valence-electron chi connectivity index (χ3n) is 6.90. The number of hydrogen-bond acceptors (Lipinski definition) is 5. The summed E-state index contributed by atoms with van der Waals surface area (Å²) in [4.78, 5) is 13.0. The summed E-state index contributed by atoms with van der Waals surface area (Å²) in [5.41, 5.74) is 4.39. The molecule has 2 atom stereocenters. The number of aromatic nitrogens is 4. The molecule has 2 unspecified atom stereocenters. The first-order valence-corrected chi connectivity index (χ1v) is 13.3. The second-order valence-corrected chi connectivity index (χ2v) is 12.5. The number of rotatable bonds is 5. The van der Waals surface area contributed by atoms with Crippen molar-refractivity contribution in [1.82, 2.24) is 20.0 Å². The zero-order chi connectivity index (χ0) is 23.2. The Morgan fingerprint density at radius 3 is 2.82 bits per heavy atom. The minimum absolute atomic E-state index is 0.0579. The third kappa shape index (κ3) is 4.58. The number of benzene rings is 1. The van der Waals surface area contributed by atoms with E-state index < -0.39 is 10.6 Å². The normalized spacial score (nSPS) is 23.0. The first kappa shape index (κ1) is 22.2. The van der Waals surface area contributed by atoms with Crippen molar-refractivity contribution >= 4 is 22.2 Å². The zero-order valence-electron chi connectivity index (χ0n) is 19.0. The van der Waals surface area contributed by atoms with Gasteiger partial charge in [-0.2, -0.15) is 20.8 Å². The van der Waals surface area contributed by atoms with E-state index in [1.54, 1.807) is 6.20 Å². The van der Waals surface area contributed by atoms with Crippen molar-refractivity contribution < 1.29 is 13.9 Å². The van der Waals surface area contributed by atoms with Gasteiger partial charge in [0.15, 0.2) is 5.69 Å². The number of carbonyl (C=O) groups excluding carboxylic acids is 1. The molecule has 1 aromatic carbocycles. The van der Waals surface area contributed by atoms with Crippen molar-refractivity contribution in [3.8, 4) is 0 Å². The fourth-order valence-corrected chi connectivity index (χ4v) is 7.05. The predicted octanol–water partition coefficient (Wildman–Crippen LogP) is 4.73. The van der Waals surface area contributed by atoms with E-state index in [0.717, 1.165) is 42.5 Å². The summed E-state index contributed by atoms with van der Waals surface area (Å²) in [6.07, 6.45) is 6.94. The van der Waals surface area contributed by atoms with E-state index in [1.165, 1.54) is 0 Å². The molecule has 1 saturated heterocycles. The van der Waals surface area contributed by atoms with Gasteiger partial charge in [-0.25, -0.2) is 0 Å². The first-order chi connectivity index (χ1) is 15.7. The summed E-state index contributed by atoms with van der Waals surface area (Å²) in [7, 11) is -2.54. The summed E-state index contributed by atoms with van der Waals surface area (Å²) >= 11 is 0. The minimum Gasteiger partial charge on any atom is -0.318 e. The lowest BCUT2D eigenvalue weighted by Gasteiger charge is -2.29. The highest BCUT2D eigenvalue weighted by molar-refractivity contribution is 8.24. The van der Waals surface area contributed by atoms with Crippen LogP contribution in [0.5, 0.6) is 0 Å². The van der Waals surface area contributed by atoms with Gasteiger partial charge < -0.3 is 5.32 Å². The van der Waals surface area contributed by atoms with Gasteiger partial charge in [-0.15, -0.1) is 0 Å². The zero-order valence-corrected chi connectivity index (χ0v) is 19.8. The fourth-order valence-electron chi connectivity index (χ4n) is 5.17. The van der Waals surface area contributed by atoms with Gasteiger partial charge in [0.05, 0.1) is 17.9 Å². The van der Waals surface area contributed by atoms with Crippen LogP contribution in [-0.4, -0.2) is 46.5 Å². The van der Waals surface area contributed by atoms with Crippen LogP contribution >= 0.6 is 10.6 Å². The number of nitrogens with one attached hydrogen (secondary N) is 2. The summed E-state index contributed by atoms with van der Waals surface area (Å²) in [6, 6.07) is 9.85. The molecule has 8 nitrogen and oxygen atoms in total. The van der Waals surface area contributed by atoms with Crippen LogP contribution in [0, 0.1) is 11.3 Å². The molecule has 176 valence electrons. The van der Waals surface area contributed by atoms with Gasteiger partial charge in [-0.1, -0.05) is 44.2 Å². The van der Waals surface area contributed by atoms with Crippen molar-refractivity contribution in [1.29, 1.82) is 0 Å². The third-order valence-corrected chi connectivity index (χ3v) is 8.76. The quantitative estimate of drug-likeness (QED) is 0.431. The lowest BCUT2D eigenvalue weighted by Crippen LogP contribution is -2.23. The van der Waals surface area contributed by atoms with Crippen molar-refractivity contribution in [2.45, 2.75) is 45.6 Å². The molecule has 3 heterocycles. The topological polar surface area (TPSA) is 116 Å². The Morgan fingerprint density at radius 1 is 1.30 bits per heavy atom. The Kier molecular flexibility index (Phi) is 5.58. The Morgan fingerprint density at radius 2 is 2.09 bits per heavy atom. The van der Waals surface area contributed by atoms with E-state index >= 15 is 0 Å². The van der Waals surface area contributed by atoms with E-state index in [1.807, 2.05) is 41.2 Å². The highest BCUT2D eigenvalue weighted by Crippen LogP contribution is 2.52. The number of amides is 1. The molecular weight excluding hydrogens is 438 g/mol. The predicted molar refractivity (Wildman–Crippen MR) is 130 cm³/mol. The molecule has 33 heavy (non-hydrogen) atoms. The van der Waals surface area contributed by atoms with E-state index in [9.17, 15) is 13.9 Å². The van der Waals surface area contributed by atoms with Crippen LogP contribution in [0.2, 0.25) is 0 Å². The molecule has 9 heteroatoms. The smallest absolute Gasteiger partial charge is 0.276 e. The van der Waals surface area contributed by atoms with E-state index in [2.05, 4.69) is 34.5 Å². The van der Waals surface area contributed by atoms with Crippen LogP contribution in [0.4, 0.5) is 5.69 Å². The molecule has 1 amide bonds. The molecule has 5 rings (SSSR count). The molecule has 1 aliphatic carbocycles. The van der Waals surface area contributed by atoms with E-state index in [0.29, 0.717) is 22.9 Å². The molecular formula is C24H31N5O3S. The van der Waals surface area contributed by atoms with Crippen LogP contribution in [0.15, 0.2) is 42.7 Å². The standard InChI is InChI=1S/C24H31N5O3S/c1-24(2)10-8-19-20(12-24)27-28-21(19)23(30)26-18-13-25-29(14-18)22(16-6-4-3-5-7-16)17-9-11-33(31,32)15-17/h3-7,13-14,17,22,31-32H,8-12,15H2,1-2H3,(H,26,30)(H,27,28). The average Bonchev–Trinajstić information content (AvgIpc) is 3.47. The number of H-pyrrole nitrogens is 1. The Balaban J connectivity index is 1.37. The largest absolute Gasteiger partial charge is 0.318 e. The van der Waals surface area contributed by atoms with Gasteiger partial charge in [-0.05, 0) is 36.7 Å². The van der Waals surface area contributed by atoms with Crippen LogP contribution in [0.3, 0.4) is 0 Å². The average molecular weight is 470 g/mol. The van der Waals surface area contributed by atoms with Gasteiger partial charge in [0.1, 0.15) is 0 Å². The van der Waals surface area contributed by atoms with E-state index in [-0.39, 0.29) is 23.3 Å². The number of anilines is 1. The molecule has 1 aliphatic heterocycles. The van der Waals surface area contributed by atoms with Crippen LogP contribution < -0.4 is 5.32 Å². The van der Waals surface area contributed by atoms with Crippen LogP contribution in [-0.2, 0) is 12.8 Å². The summed E-state index contributed by atoms with van der Waals surface area (Å²) < 4.78 is 22.3. The van der Waals surface area contributed by atoms with Gasteiger partial charge in [0, 0.05) is 34.9 Å². The second kappa shape index (κ2) is 8.30. The Bertz CT molecular complexity index is 1150. The van der Waals surface area contributed by atoms with Crippen molar-refractivity contribution in [3.05, 3.63) is 65.2 Å². The number of fused-ring (bicyclic) bond motifs is 1. The SMILES string of the molecule is CC1(C)CCc2c(C(=O)Nc3cnn(C(c4ccccc4)C4CCS(O)(O)C4)c3)n[nH]c2C1. The van der Waals surface area contributed by atoms with E-state index in [4.69, 9.17) is 0 Å². The van der Waals surface area contributed by atoms with Gasteiger partial charge in [0.2, 0.25) is 0 Å². The number of nitrogens with zero attached hydrogens (tertiary/aromatic N) is 3. The minimum atomic E-state index is -2.54. The van der Waals surface area contributed by atoms with Gasteiger partial charge >= 0.3 is 0 Å². The molecule has 1 fully saturated rings. The molecule has 0 spiro atoms. The monoisotopic (exact) mass is 469 g/mol. The number of aromatic amines is 1.